The Hall–Kier alpha value is -2.73. The molecule has 0 unspecified atom stereocenters. The summed E-state index contributed by atoms with van der Waals surface area (Å²) in [5, 5.41) is 19.1. The Morgan fingerprint density at radius 1 is 0.964 bits per heavy atom. The van der Waals surface area contributed by atoms with Gasteiger partial charge in [-0.25, -0.2) is 0 Å². The lowest BCUT2D eigenvalue weighted by molar-refractivity contribution is 0.0920. The first-order valence-corrected chi connectivity index (χ1v) is 9.81. The van der Waals surface area contributed by atoms with Gasteiger partial charge in [-0.15, -0.1) is 0 Å². The van der Waals surface area contributed by atoms with Gasteiger partial charge in [-0.1, -0.05) is 31.9 Å². The predicted molar refractivity (Wildman–Crippen MR) is 110 cm³/mol. The molecule has 1 aromatic heterocycles. The fourth-order valence-corrected chi connectivity index (χ4v) is 3.35. The lowest BCUT2D eigenvalue weighted by atomic mass is 10.2. The molecule has 0 aliphatic rings. The van der Waals surface area contributed by atoms with Crippen LogP contribution in [-0.2, 0) is 13.1 Å². The van der Waals surface area contributed by atoms with E-state index in [0.717, 1.165) is 42.6 Å². The Morgan fingerprint density at radius 2 is 1.61 bits per heavy atom. The van der Waals surface area contributed by atoms with Gasteiger partial charge in [0.05, 0.1) is 24.7 Å². The summed E-state index contributed by atoms with van der Waals surface area (Å²) in [5.74, 6) is 1.44. The molecule has 2 N–H and O–H groups in total. The molecule has 0 saturated carbocycles. The number of rotatable bonds is 10. The smallest absolute Gasteiger partial charge is 0.203 e. The highest BCUT2D eigenvalue weighted by atomic mass is 16.5. The summed E-state index contributed by atoms with van der Waals surface area (Å²) < 4.78 is 14.7. The molecule has 0 amide bonds. The van der Waals surface area contributed by atoms with Gasteiger partial charge in [0.2, 0.25) is 5.62 Å². The number of methoxy groups -OCH3 is 1. The second-order valence-corrected chi connectivity index (χ2v) is 6.92. The normalized spacial score (nSPS) is 12.2. The van der Waals surface area contributed by atoms with Crippen LogP contribution in [0, 0.1) is 5.41 Å². The van der Waals surface area contributed by atoms with Gasteiger partial charge in [-0.3, -0.25) is 5.41 Å². The van der Waals surface area contributed by atoms with Gasteiger partial charge < -0.3 is 23.7 Å². The van der Waals surface area contributed by atoms with Gasteiger partial charge in [-0.05, 0) is 42.8 Å². The number of unbranched alkanes of at least 4 members (excludes halogenated alkanes) is 2. The second-order valence-electron chi connectivity index (χ2n) is 6.92. The highest BCUT2D eigenvalue weighted by Crippen LogP contribution is 2.18. The summed E-state index contributed by atoms with van der Waals surface area (Å²) in [6, 6.07) is 15.3. The number of aliphatic hydroxyl groups is 1. The van der Waals surface area contributed by atoms with Crippen LogP contribution in [0.4, 0.5) is 0 Å². The molecule has 6 heteroatoms. The van der Waals surface area contributed by atoms with E-state index in [1.165, 1.54) is 0 Å². The van der Waals surface area contributed by atoms with Gasteiger partial charge in [-0.2, -0.15) is 0 Å². The molecule has 0 aliphatic carbocycles. The number of ether oxygens (including phenoxy) is 2. The zero-order chi connectivity index (χ0) is 19.9. The monoisotopic (exact) mass is 383 g/mol. The maximum absolute atomic E-state index is 10.5. The van der Waals surface area contributed by atoms with Crippen LogP contribution in [0.15, 0.2) is 48.5 Å². The van der Waals surface area contributed by atoms with Crippen molar-refractivity contribution in [2.45, 2.75) is 45.4 Å². The third-order valence-corrected chi connectivity index (χ3v) is 4.86. The third kappa shape index (κ3) is 4.57. The van der Waals surface area contributed by atoms with Crippen LogP contribution in [0.1, 0.15) is 26.2 Å². The summed E-state index contributed by atoms with van der Waals surface area (Å²) in [5.41, 5.74) is 2.42. The van der Waals surface area contributed by atoms with E-state index in [9.17, 15) is 5.11 Å². The van der Waals surface area contributed by atoms with Crippen LogP contribution < -0.4 is 15.1 Å². The molecule has 1 atom stereocenters. The predicted octanol–water partition coefficient (Wildman–Crippen LogP) is 3.56. The Balaban J connectivity index is 1.71. The van der Waals surface area contributed by atoms with Gasteiger partial charge in [0.1, 0.15) is 24.2 Å². The Kier molecular flexibility index (Phi) is 6.76. The van der Waals surface area contributed by atoms with E-state index in [-0.39, 0.29) is 6.61 Å². The van der Waals surface area contributed by atoms with Crippen LogP contribution in [0.25, 0.3) is 11.0 Å². The SMILES string of the molecule is CCCCCn1c(=N)n(C[C@H](O)COc2ccc(OC)cc2)c2ccccc21. The molecular formula is C22H29N3O3. The van der Waals surface area contributed by atoms with Crippen molar-refractivity contribution in [3.05, 3.63) is 54.1 Å². The summed E-state index contributed by atoms with van der Waals surface area (Å²) >= 11 is 0. The van der Waals surface area contributed by atoms with Crippen molar-refractivity contribution >= 4 is 11.0 Å². The number of nitrogens with zero attached hydrogens (tertiary/aromatic N) is 2. The van der Waals surface area contributed by atoms with Crippen LogP contribution in [0.2, 0.25) is 0 Å². The topological polar surface area (TPSA) is 72.4 Å². The second kappa shape index (κ2) is 9.46. The molecule has 0 spiro atoms. The molecule has 0 fully saturated rings. The first-order valence-electron chi connectivity index (χ1n) is 9.81. The standard InChI is InChI=1S/C22H29N3O3/c1-3-4-7-14-24-20-8-5-6-9-21(20)25(22(24)23)15-17(26)16-28-19-12-10-18(27-2)11-13-19/h5-6,8-13,17,23,26H,3-4,7,14-16H2,1-2H3/t17-/m0/s1. The van der Waals surface area contributed by atoms with E-state index in [1.54, 1.807) is 7.11 Å². The first kappa shape index (κ1) is 20.0. The van der Waals surface area contributed by atoms with Crippen molar-refractivity contribution in [3.63, 3.8) is 0 Å². The minimum Gasteiger partial charge on any atom is -0.497 e. The fourth-order valence-electron chi connectivity index (χ4n) is 3.35. The Morgan fingerprint density at radius 3 is 2.25 bits per heavy atom. The quantitative estimate of drug-likeness (QED) is 0.526. The van der Waals surface area contributed by atoms with E-state index >= 15 is 0 Å². The molecule has 3 aromatic rings. The lowest BCUT2D eigenvalue weighted by Crippen LogP contribution is -2.31. The lowest BCUT2D eigenvalue weighted by Gasteiger charge is -2.14. The van der Waals surface area contributed by atoms with Crippen molar-refractivity contribution in [3.8, 4) is 11.5 Å². The van der Waals surface area contributed by atoms with Gasteiger partial charge in [0, 0.05) is 6.54 Å². The molecule has 3 rings (SSSR count). The van der Waals surface area contributed by atoms with Crippen LogP contribution >= 0.6 is 0 Å². The summed E-state index contributed by atoms with van der Waals surface area (Å²) in [4.78, 5) is 0. The molecule has 1 heterocycles. The minimum atomic E-state index is -0.717. The molecule has 6 nitrogen and oxygen atoms in total. The molecule has 2 aromatic carbocycles. The highest BCUT2D eigenvalue weighted by Gasteiger charge is 2.14. The highest BCUT2D eigenvalue weighted by molar-refractivity contribution is 5.75. The van der Waals surface area contributed by atoms with Crippen LogP contribution in [0.5, 0.6) is 11.5 Å². The Labute approximate surface area is 165 Å². The largest absolute Gasteiger partial charge is 0.497 e. The zero-order valence-corrected chi connectivity index (χ0v) is 16.6. The molecular weight excluding hydrogens is 354 g/mol. The van der Waals surface area contributed by atoms with Crippen LogP contribution in [-0.4, -0.2) is 34.1 Å². The van der Waals surface area contributed by atoms with Crippen LogP contribution in [0.3, 0.4) is 0 Å². The van der Waals surface area contributed by atoms with Crippen molar-refractivity contribution in [2.24, 2.45) is 0 Å². The Bertz CT molecular complexity index is 944. The number of hydrogen-bond acceptors (Lipinski definition) is 4. The van der Waals surface area contributed by atoms with Crippen molar-refractivity contribution in [2.75, 3.05) is 13.7 Å². The number of aromatic nitrogens is 2. The zero-order valence-electron chi connectivity index (χ0n) is 16.6. The maximum atomic E-state index is 10.5. The number of aryl methyl sites for hydroxylation is 1. The van der Waals surface area contributed by atoms with Crippen molar-refractivity contribution in [1.82, 2.24) is 9.13 Å². The number of fused-ring (bicyclic) bond motifs is 1. The average Bonchev–Trinajstić information content (AvgIpc) is 2.99. The average molecular weight is 383 g/mol. The number of aliphatic hydroxyl groups excluding tert-OH is 1. The molecule has 150 valence electrons. The molecule has 0 bridgehead atoms. The molecule has 0 radical (unpaired) electrons. The van der Waals surface area contributed by atoms with Gasteiger partial charge in [0.25, 0.3) is 0 Å². The van der Waals surface area contributed by atoms with E-state index in [1.807, 2.05) is 57.7 Å². The minimum absolute atomic E-state index is 0.161. The number of hydrogen-bond donors (Lipinski definition) is 2. The molecule has 0 aliphatic heterocycles. The van der Waals surface area contributed by atoms with E-state index in [4.69, 9.17) is 14.9 Å². The maximum Gasteiger partial charge on any atom is 0.203 e. The fraction of sp³-hybridized carbons (Fsp3) is 0.409. The first-order chi connectivity index (χ1) is 13.6. The van der Waals surface area contributed by atoms with E-state index < -0.39 is 6.10 Å². The van der Waals surface area contributed by atoms with E-state index in [2.05, 4.69) is 6.92 Å². The summed E-state index contributed by atoms with van der Waals surface area (Å²) in [6.07, 6.45) is 2.62. The third-order valence-electron chi connectivity index (χ3n) is 4.86. The molecule has 28 heavy (non-hydrogen) atoms. The van der Waals surface area contributed by atoms with Gasteiger partial charge in [0.15, 0.2) is 0 Å². The van der Waals surface area contributed by atoms with Gasteiger partial charge >= 0.3 is 0 Å². The number of benzene rings is 2. The van der Waals surface area contributed by atoms with Crippen molar-refractivity contribution in [1.29, 1.82) is 5.41 Å². The number of imidazole rings is 1. The van der Waals surface area contributed by atoms with E-state index in [0.29, 0.717) is 17.9 Å². The molecule has 0 saturated heterocycles. The summed E-state index contributed by atoms with van der Waals surface area (Å²) in [6.45, 7) is 3.47. The number of para-hydroxylation sites is 2. The number of nitrogens with one attached hydrogen (secondary N) is 1. The summed E-state index contributed by atoms with van der Waals surface area (Å²) in [7, 11) is 1.62. The van der Waals surface area contributed by atoms with Crippen molar-refractivity contribution < 1.29 is 14.6 Å².